The fourth-order valence-corrected chi connectivity index (χ4v) is 2.92. The second-order valence-electron chi connectivity index (χ2n) is 4.54. The Morgan fingerprint density at radius 3 is 2.25 bits per heavy atom. The van der Waals surface area contributed by atoms with Gasteiger partial charge in [0, 0.05) is 26.2 Å². The molecule has 0 radical (unpaired) electrons. The zero-order valence-corrected chi connectivity index (χ0v) is 11.6. The van der Waals surface area contributed by atoms with Crippen LogP contribution in [0.25, 0.3) is 0 Å². The Bertz CT molecular complexity index is 530. The Hall–Kier alpha value is -2.08. The lowest BCUT2D eigenvalue weighted by Gasteiger charge is -2.34. The zero-order chi connectivity index (χ0) is 13.9. The molecule has 3 rings (SSSR count). The summed E-state index contributed by atoms with van der Waals surface area (Å²) in [6.07, 6.45) is 1.49. The molecule has 20 heavy (non-hydrogen) atoms. The normalized spacial score (nSPS) is 15.4. The highest BCUT2D eigenvalue weighted by Crippen LogP contribution is 2.15. The van der Waals surface area contributed by atoms with E-state index in [0.717, 1.165) is 4.88 Å². The SMILES string of the molecule is O=C(c1ccco1)N1CCN(C(=O)c2cccs2)CC1. The summed E-state index contributed by atoms with van der Waals surface area (Å²) in [7, 11) is 0. The van der Waals surface area contributed by atoms with Crippen molar-refractivity contribution >= 4 is 23.2 Å². The van der Waals surface area contributed by atoms with Crippen LogP contribution in [0.1, 0.15) is 20.2 Å². The lowest BCUT2D eigenvalue weighted by Crippen LogP contribution is -2.50. The summed E-state index contributed by atoms with van der Waals surface area (Å²) in [6, 6.07) is 7.05. The largest absolute Gasteiger partial charge is 0.459 e. The number of hydrogen-bond acceptors (Lipinski definition) is 4. The number of hydrogen-bond donors (Lipinski definition) is 0. The second-order valence-corrected chi connectivity index (χ2v) is 5.49. The van der Waals surface area contributed by atoms with Gasteiger partial charge in [0.25, 0.3) is 11.8 Å². The minimum absolute atomic E-state index is 0.0464. The second kappa shape index (κ2) is 5.50. The fraction of sp³-hybridized carbons (Fsp3) is 0.286. The number of carbonyl (C=O) groups is 2. The van der Waals surface area contributed by atoms with Crippen LogP contribution in [0.15, 0.2) is 40.3 Å². The Morgan fingerprint density at radius 1 is 1.00 bits per heavy atom. The Morgan fingerprint density at radius 2 is 1.70 bits per heavy atom. The maximum atomic E-state index is 12.2. The predicted octanol–water partition coefficient (Wildman–Crippen LogP) is 1.94. The fourth-order valence-electron chi connectivity index (χ4n) is 2.22. The lowest BCUT2D eigenvalue weighted by atomic mass is 10.2. The van der Waals surface area contributed by atoms with E-state index in [1.54, 1.807) is 21.9 Å². The van der Waals surface area contributed by atoms with Crippen LogP contribution in [0.5, 0.6) is 0 Å². The smallest absolute Gasteiger partial charge is 0.289 e. The molecular formula is C14H14N2O3S. The van der Waals surface area contributed by atoms with E-state index >= 15 is 0 Å². The third kappa shape index (κ3) is 2.46. The van der Waals surface area contributed by atoms with Crippen LogP contribution in [0.2, 0.25) is 0 Å². The lowest BCUT2D eigenvalue weighted by molar-refractivity contribution is 0.0520. The number of carbonyl (C=O) groups excluding carboxylic acids is 2. The first kappa shape index (κ1) is 12.9. The van der Waals surface area contributed by atoms with Crippen LogP contribution in [0.4, 0.5) is 0 Å². The van der Waals surface area contributed by atoms with Crippen LogP contribution < -0.4 is 0 Å². The summed E-state index contributed by atoms with van der Waals surface area (Å²) < 4.78 is 5.11. The number of furan rings is 1. The van der Waals surface area contributed by atoms with Gasteiger partial charge >= 0.3 is 0 Å². The first-order chi connectivity index (χ1) is 9.75. The standard InChI is InChI=1S/C14H14N2O3S/c17-13(11-3-1-9-19-11)15-5-7-16(8-6-15)14(18)12-4-2-10-20-12/h1-4,9-10H,5-8H2. The Balaban J connectivity index is 1.60. The molecule has 2 amide bonds. The van der Waals surface area contributed by atoms with Crippen LogP contribution >= 0.6 is 11.3 Å². The van der Waals surface area contributed by atoms with Crippen molar-refractivity contribution in [2.24, 2.45) is 0 Å². The molecule has 2 aromatic rings. The van der Waals surface area contributed by atoms with E-state index in [1.807, 2.05) is 17.5 Å². The van der Waals surface area contributed by atoms with E-state index in [-0.39, 0.29) is 11.8 Å². The summed E-state index contributed by atoms with van der Waals surface area (Å²) >= 11 is 1.44. The first-order valence-electron chi connectivity index (χ1n) is 6.41. The molecule has 1 fully saturated rings. The van der Waals surface area contributed by atoms with Gasteiger partial charge in [-0.2, -0.15) is 0 Å². The minimum atomic E-state index is -0.113. The van der Waals surface area contributed by atoms with Gasteiger partial charge in [-0.1, -0.05) is 6.07 Å². The van der Waals surface area contributed by atoms with Crippen molar-refractivity contribution < 1.29 is 14.0 Å². The Kier molecular flexibility index (Phi) is 3.56. The maximum Gasteiger partial charge on any atom is 0.289 e. The highest BCUT2D eigenvalue weighted by atomic mass is 32.1. The van der Waals surface area contributed by atoms with Crippen molar-refractivity contribution in [3.63, 3.8) is 0 Å². The molecule has 0 saturated carbocycles. The first-order valence-corrected chi connectivity index (χ1v) is 7.29. The third-order valence-corrected chi connectivity index (χ3v) is 4.18. The number of amides is 2. The highest BCUT2D eigenvalue weighted by Gasteiger charge is 2.26. The third-order valence-electron chi connectivity index (χ3n) is 3.32. The molecule has 2 aromatic heterocycles. The Labute approximate surface area is 120 Å². The summed E-state index contributed by atoms with van der Waals surface area (Å²) in [5.74, 6) is 0.284. The summed E-state index contributed by atoms with van der Waals surface area (Å²) in [6.45, 7) is 2.19. The van der Waals surface area contributed by atoms with Gasteiger partial charge in [-0.3, -0.25) is 9.59 Å². The molecule has 104 valence electrons. The summed E-state index contributed by atoms with van der Waals surface area (Å²) in [5, 5.41) is 1.89. The quantitative estimate of drug-likeness (QED) is 0.849. The van der Waals surface area contributed by atoms with E-state index in [1.165, 1.54) is 17.6 Å². The molecular weight excluding hydrogens is 276 g/mol. The van der Waals surface area contributed by atoms with Gasteiger partial charge in [0.2, 0.25) is 0 Å². The molecule has 3 heterocycles. The van der Waals surface area contributed by atoms with E-state index in [4.69, 9.17) is 4.42 Å². The van der Waals surface area contributed by atoms with Crippen molar-refractivity contribution in [2.75, 3.05) is 26.2 Å². The molecule has 0 bridgehead atoms. The molecule has 5 nitrogen and oxygen atoms in total. The van der Waals surface area contributed by atoms with Crippen LogP contribution in [0.3, 0.4) is 0 Å². The minimum Gasteiger partial charge on any atom is -0.459 e. The van der Waals surface area contributed by atoms with Crippen molar-refractivity contribution in [3.8, 4) is 0 Å². The van der Waals surface area contributed by atoms with Crippen molar-refractivity contribution in [3.05, 3.63) is 46.5 Å². The predicted molar refractivity (Wildman–Crippen MR) is 74.8 cm³/mol. The number of nitrogens with zero attached hydrogens (tertiary/aromatic N) is 2. The van der Waals surface area contributed by atoms with Crippen molar-refractivity contribution in [2.45, 2.75) is 0 Å². The zero-order valence-electron chi connectivity index (χ0n) is 10.8. The van der Waals surface area contributed by atoms with E-state index in [9.17, 15) is 9.59 Å². The molecule has 0 spiro atoms. The van der Waals surface area contributed by atoms with Gasteiger partial charge in [0.1, 0.15) is 0 Å². The van der Waals surface area contributed by atoms with Gasteiger partial charge in [0.05, 0.1) is 11.1 Å². The van der Waals surface area contributed by atoms with Crippen LogP contribution in [-0.4, -0.2) is 47.8 Å². The van der Waals surface area contributed by atoms with Crippen LogP contribution in [0, 0.1) is 0 Å². The molecule has 1 aliphatic rings. The molecule has 0 aliphatic carbocycles. The van der Waals surface area contributed by atoms with Gasteiger partial charge < -0.3 is 14.2 Å². The van der Waals surface area contributed by atoms with Crippen molar-refractivity contribution in [1.82, 2.24) is 9.80 Å². The van der Waals surface area contributed by atoms with Crippen molar-refractivity contribution in [1.29, 1.82) is 0 Å². The van der Waals surface area contributed by atoms with Gasteiger partial charge in [-0.25, -0.2) is 0 Å². The van der Waals surface area contributed by atoms with Gasteiger partial charge in [-0.15, -0.1) is 11.3 Å². The van der Waals surface area contributed by atoms with E-state index in [0.29, 0.717) is 31.9 Å². The monoisotopic (exact) mass is 290 g/mol. The average molecular weight is 290 g/mol. The summed E-state index contributed by atoms with van der Waals surface area (Å²) in [4.78, 5) is 28.5. The van der Waals surface area contributed by atoms with Crippen LogP contribution in [-0.2, 0) is 0 Å². The van der Waals surface area contributed by atoms with E-state index in [2.05, 4.69) is 0 Å². The number of thiophene rings is 1. The molecule has 0 unspecified atom stereocenters. The number of piperazine rings is 1. The highest BCUT2D eigenvalue weighted by molar-refractivity contribution is 7.12. The topological polar surface area (TPSA) is 53.8 Å². The molecule has 1 aliphatic heterocycles. The molecule has 0 aromatic carbocycles. The molecule has 6 heteroatoms. The molecule has 1 saturated heterocycles. The summed E-state index contributed by atoms with van der Waals surface area (Å²) in [5.41, 5.74) is 0. The van der Waals surface area contributed by atoms with Gasteiger partial charge in [0.15, 0.2) is 5.76 Å². The average Bonchev–Trinajstić information content (AvgIpc) is 3.18. The maximum absolute atomic E-state index is 12.2. The molecule has 0 N–H and O–H groups in total. The molecule has 0 atom stereocenters. The number of rotatable bonds is 2. The van der Waals surface area contributed by atoms with E-state index < -0.39 is 0 Å². The van der Waals surface area contributed by atoms with Gasteiger partial charge in [-0.05, 0) is 23.6 Å².